The van der Waals surface area contributed by atoms with E-state index in [0.717, 1.165) is 4.47 Å². The number of para-hydroxylation sites is 1. The van der Waals surface area contributed by atoms with Gasteiger partial charge in [-0.15, -0.1) is 0 Å². The molecule has 0 radical (unpaired) electrons. The number of nitrogen functional groups attached to an aromatic ring is 1. The Kier molecular flexibility index (Phi) is 3.49. The molecule has 0 saturated carbocycles. The molecule has 3 nitrogen and oxygen atoms in total. The molecule has 2 aromatic carbocycles. The fraction of sp³-hybridized carbons (Fsp3) is 0. The molecule has 0 unspecified atom stereocenters. The van der Waals surface area contributed by atoms with E-state index < -0.39 is 5.82 Å². The van der Waals surface area contributed by atoms with Crippen LogP contribution in [-0.2, 0) is 0 Å². The van der Waals surface area contributed by atoms with Crippen molar-refractivity contribution in [1.29, 1.82) is 5.26 Å². The molecular formula is C13H9BrFN3. The highest BCUT2D eigenvalue weighted by Crippen LogP contribution is 2.29. The first-order valence-corrected chi connectivity index (χ1v) is 5.92. The van der Waals surface area contributed by atoms with Crippen molar-refractivity contribution < 1.29 is 4.39 Å². The van der Waals surface area contributed by atoms with Gasteiger partial charge in [0.15, 0.2) is 0 Å². The molecule has 0 atom stereocenters. The van der Waals surface area contributed by atoms with Gasteiger partial charge in [-0.3, -0.25) is 0 Å². The zero-order valence-electron chi connectivity index (χ0n) is 9.24. The third-order valence-corrected chi connectivity index (χ3v) is 2.90. The Morgan fingerprint density at radius 1 is 1.28 bits per heavy atom. The van der Waals surface area contributed by atoms with Gasteiger partial charge in [0.2, 0.25) is 0 Å². The second kappa shape index (κ2) is 5.07. The lowest BCUT2D eigenvalue weighted by Gasteiger charge is -2.11. The Labute approximate surface area is 112 Å². The lowest BCUT2D eigenvalue weighted by Crippen LogP contribution is -2.00. The Balaban J connectivity index is 2.44. The van der Waals surface area contributed by atoms with Gasteiger partial charge in [0.25, 0.3) is 0 Å². The van der Waals surface area contributed by atoms with Gasteiger partial charge in [-0.1, -0.05) is 22.0 Å². The van der Waals surface area contributed by atoms with Gasteiger partial charge in [0.1, 0.15) is 11.9 Å². The van der Waals surface area contributed by atoms with Crippen molar-refractivity contribution in [3.63, 3.8) is 0 Å². The van der Waals surface area contributed by atoms with Gasteiger partial charge in [0.05, 0.1) is 22.6 Å². The number of hydrogen-bond acceptors (Lipinski definition) is 3. The van der Waals surface area contributed by atoms with Crippen LogP contribution < -0.4 is 11.1 Å². The van der Waals surface area contributed by atoms with Gasteiger partial charge in [-0.25, -0.2) is 4.39 Å². The normalized spacial score (nSPS) is 9.83. The van der Waals surface area contributed by atoms with E-state index >= 15 is 0 Å². The van der Waals surface area contributed by atoms with Crippen molar-refractivity contribution in [1.82, 2.24) is 0 Å². The number of benzene rings is 2. The Hall–Kier alpha value is -2.06. The summed E-state index contributed by atoms with van der Waals surface area (Å²) in [4.78, 5) is 0. The van der Waals surface area contributed by atoms with Crippen LogP contribution in [0.25, 0.3) is 0 Å². The Morgan fingerprint density at radius 2 is 2.06 bits per heavy atom. The molecule has 0 aromatic heterocycles. The number of nitrogens with two attached hydrogens (primary N) is 1. The van der Waals surface area contributed by atoms with E-state index in [1.165, 1.54) is 12.1 Å². The molecule has 2 aromatic rings. The monoisotopic (exact) mass is 305 g/mol. The Morgan fingerprint density at radius 3 is 2.72 bits per heavy atom. The van der Waals surface area contributed by atoms with Crippen molar-refractivity contribution in [2.75, 3.05) is 11.1 Å². The summed E-state index contributed by atoms with van der Waals surface area (Å²) in [5.74, 6) is -0.457. The second-order valence-electron chi connectivity index (χ2n) is 3.63. The fourth-order valence-electron chi connectivity index (χ4n) is 1.53. The average molecular weight is 306 g/mol. The molecule has 0 fully saturated rings. The van der Waals surface area contributed by atoms with Crippen LogP contribution in [0.5, 0.6) is 0 Å². The Bertz CT molecular complexity index is 614. The summed E-state index contributed by atoms with van der Waals surface area (Å²) < 4.78 is 14.4. The predicted octanol–water partition coefficient (Wildman–Crippen LogP) is 3.79. The number of nitrogens with one attached hydrogen (secondary N) is 1. The average Bonchev–Trinajstić information content (AvgIpc) is 2.35. The van der Waals surface area contributed by atoms with E-state index in [2.05, 4.69) is 21.2 Å². The minimum Gasteiger partial charge on any atom is -0.397 e. The minimum absolute atomic E-state index is 0.177. The van der Waals surface area contributed by atoms with Gasteiger partial charge in [-0.2, -0.15) is 5.26 Å². The van der Waals surface area contributed by atoms with E-state index in [0.29, 0.717) is 16.9 Å². The molecule has 0 aliphatic carbocycles. The maximum absolute atomic E-state index is 13.6. The third kappa shape index (κ3) is 2.44. The topological polar surface area (TPSA) is 61.8 Å². The van der Waals surface area contributed by atoms with Crippen LogP contribution in [-0.4, -0.2) is 0 Å². The lowest BCUT2D eigenvalue weighted by molar-refractivity contribution is 0.632. The molecule has 0 aliphatic rings. The number of nitrogens with zero attached hydrogens (tertiary/aromatic N) is 1. The number of nitriles is 1. The quantitative estimate of drug-likeness (QED) is 0.830. The summed E-state index contributed by atoms with van der Waals surface area (Å²) >= 11 is 3.27. The minimum atomic E-state index is -0.457. The zero-order chi connectivity index (χ0) is 13.1. The fourth-order valence-corrected chi connectivity index (χ4v) is 1.89. The molecule has 2 rings (SSSR count). The van der Waals surface area contributed by atoms with E-state index in [1.54, 1.807) is 24.3 Å². The standard InChI is InChI=1S/C13H9BrFN3/c14-9-4-5-12(8(6-9)7-16)18-13-10(15)2-1-3-11(13)17/h1-6,18H,17H2. The molecule has 5 heteroatoms. The summed E-state index contributed by atoms with van der Waals surface area (Å²) in [6.45, 7) is 0. The number of anilines is 3. The first kappa shape index (κ1) is 12.4. The largest absolute Gasteiger partial charge is 0.397 e. The molecule has 3 N–H and O–H groups in total. The van der Waals surface area contributed by atoms with Crippen LogP contribution in [0.3, 0.4) is 0 Å². The molecule has 0 saturated heterocycles. The van der Waals surface area contributed by atoms with Crippen LogP contribution in [0.4, 0.5) is 21.5 Å². The van der Waals surface area contributed by atoms with Crippen molar-refractivity contribution in [2.45, 2.75) is 0 Å². The van der Waals surface area contributed by atoms with E-state index in [9.17, 15) is 4.39 Å². The molecule has 0 amide bonds. The van der Waals surface area contributed by atoms with E-state index in [4.69, 9.17) is 11.0 Å². The van der Waals surface area contributed by atoms with Crippen LogP contribution >= 0.6 is 15.9 Å². The molecule has 18 heavy (non-hydrogen) atoms. The number of hydrogen-bond donors (Lipinski definition) is 2. The SMILES string of the molecule is N#Cc1cc(Br)ccc1Nc1c(N)cccc1F. The maximum atomic E-state index is 13.6. The first-order valence-electron chi connectivity index (χ1n) is 5.12. The molecule has 0 spiro atoms. The lowest BCUT2D eigenvalue weighted by atomic mass is 10.1. The maximum Gasteiger partial charge on any atom is 0.148 e. The summed E-state index contributed by atoms with van der Waals surface area (Å²) in [5.41, 5.74) is 7.09. The van der Waals surface area contributed by atoms with E-state index in [-0.39, 0.29) is 5.69 Å². The van der Waals surface area contributed by atoms with Crippen molar-refractivity contribution in [3.8, 4) is 6.07 Å². The number of rotatable bonds is 2. The highest BCUT2D eigenvalue weighted by atomic mass is 79.9. The zero-order valence-corrected chi connectivity index (χ0v) is 10.8. The summed E-state index contributed by atoms with van der Waals surface area (Å²) in [6.07, 6.45) is 0. The third-order valence-electron chi connectivity index (χ3n) is 2.41. The van der Waals surface area contributed by atoms with Crippen LogP contribution in [0.15, 0.2) is 40.9 Å². The molecule has 0 aliphatic heterocycles. The number of halogens is 2. The van der Waals surface area contributed by atoms with Gasteiger partial charge >= 0.3 is 0 Å². The molecule has 0 heterocycles. The summed E-state index contributed by atoms with van der Waals surface area (Å²) in [5, 5.41) is 11.9. The second-order valence-corrected chi connectivity index (χ2v) is 4.55. The van der Waals surface area contributed by atoms with Gasteiger partial charge < -0.3 is 11.1 Å². The van der Waals surface area contributed by atoms with Gasteiger partial charge in [-0.05, 0) is 30.3 Å². The van der Waals surface area contributed by atoms with Crippen molar-refractivity contribution in [2.24, 2.45) is 0 Å². The van der Waals surface area contributed by atoms with Crippen LogP contribution in [0.2, 0.25) is 0 Å². The predicted molar refractivity (Wildman–Crippen MR) is 73.0 cm³/mol. The molecule has 90 valence electrons. The van der Waals surface area contributed by atoms with Crippen LogP contribution in [0.1, 0.15) is 5.56 Å². The first-order chi connectivity index (χ1) is 8.61. The van der Waals surface area contributed by atoms with Gasteiger partial charge in [0, 0.05) is 4.47 Å². The molecule has 0 bridgehead atoms. The van der Waals surface area contributed by atoms with E-state index in [1.807, 2.05) is 6.07 Å². The highest BCUT2D eigenvalue weighted by Gasteiger charge is 2.09. The van der Waals surface area contributed by atoms with Crippen LogP contribution in [0, 0.1) is 17.1 Å². The molecular weight excluding hydrogens is 297 g/mol. The summed E-state index contributed by atoms with van der Waals surface area (Å²) in [7, 11) is 0. The highest BCUT2D eigenvalue weighted by molar-refractivity contribution is 9.10. The smallest absolute Gasteiger partial charge is 0.148 e. The van der Waals surface area contributed by atoms with Crippen molar-refractivity contribution >= 4 is 33.0 Å². The summed E-state index contributed by atoms with van der Waals surface area (Å²) in [6, 6.07) is 11.6. The van der Waals surface area contributed by atoms with Crippen molar-refractivity contribution in [3.05, 3.63) is 52.3 Å².